The average molecular weight is 220 g/mol. The van der Waals surface area contributed by atoms with E-state index in [1.54, 1.807) is 4.90 Å². The van der Waals surface area contributed by atoms with Crippen molar-refractivity contribution in [2.24, 2.45) is 5.73 Å². The van der Waals surface area contributed by atoms with E-state index in [9.17, 15) is 9.90 Å². The monoisotopic (exact) mass is 220 g/mol. The highest BCUT2D eigenvalue weighted by Gasteiger charge is 2.31. The molecule has 1 aliphatic heterocycles. The minimum atomic E-state index is -0.0729. The summed E-state index contributed by atoms with van der Waals surface area (Å²) >= 11 is 0. The zero-order valence-electron chi connectivity index (χ0n) is 9.10. The van der Waals surface area contributed by atoms with E-state index in [-0.39, 0.29) is 18.6 Å². The predicted molar refractivity (Wildman–Crippen MR) is 61.9 cm³/mol. The molecule has 0 aliphatic carbocycles. The molecule has 0 aromatic heterocycles. The van der Waals surface area contributed by atoms with Crippen LogP contribution < -0.4 is 10.6 Å². The van der Waals surface area contributed by atoms with Crippen LogP contribution in [0.25, 0.3) is 0 Å². The van der Waals surface area contributed by atoms with Gasteiger partial charge in [0, 0.05) is 18.7 Å². The third-order valence-corrected chi connectivity index (χ3v) is 2.99. The Labute approximate surface area is 94.7 Å². The summed E-state index contributed by atoms with van der Waals surface area (Å²) in [7, 11) is 0. The Morgan fingerprint density at radius 2 is 2.06 bits per heavy atom. The molecule has 4 nitrogen and oxygen atoms in total. The average Bonchev–Trinajstić information content (AvgIpc) is 2.70. The first-order valence-corrected chi connectivity index (χ1v) is 5.48. The summed E-state index contributed by atoms with van der Waals surface area (Å²) in [5.41, 5.74) is 7.40. The molecule has 1 amide bonds. The summed E-state index contributed by atoms with van der Waals surface area (Å²) in [6.45, 7) is 0.516. The standard InChI is InChI=1S/C12H16N2O2/c13-7-9-1-3-10(4-2-9)14-11(8-15)5-6-12(14)16/h1-4,11,15H,5-8,13H2. The fraction of sp³-hybridized carbons (Fsp3) is 0.417. The van der Waals surface area contributed by atoms with E-state index in [1.165, 1.54) is 0 Å². The number of anilines is 1. The maximum Gasteiger partial charge on any atom is 0.227 e. The number of nitrogens with two attached hydrogens (primary N) is 1. The van der Waals surface area contributed by atoms with Gasteiger partial charge in [-0.1, -0.05) is 12.1 Å². The predicted octanol–water partition coefficient (Wildman–Crippen LogP) is 0.633. The third-order valence-electron chi connectivity index (χ3n) is 2.99. The Kier molecular flexibility index (Phi) is 3.22. The lowest BCUT2D eigenvalue weighted by atomic mass is 10.2. The molecule has 1 unspecified atom stereocenters. The van der Waals surface area contributed by atoms with Crippen LogP contribution in [0.15, 0.2) is 24.3 Å². The van der Waals surface area contributed by atoms with Crippen molar-refractivity contribution in [2.45, 2.75) is 25.4 Å². The molecule has 86 valence electrons. The van der Waals surface area contributed by atoms with Gasteiger partial charge in [-0.25, -0.2) is 0 Å². The number of rotatable bonds is 3. The van der Waals surface area contributed by atoms with Gasteiger partial charge in [0.1, 0.15) is 0 Å². The second-order valence-corrected chi connectivity index (χ2v) is 4.01. The Bertz CT molecular complexity index is 375. The molecule has 1 aliphatic rings. The van der Waals surface area contributed by atoms with Crippen molar-refractivity contribution in [3.05, 3.63) is 29.8 Å². The molecule has 0 saturated carbocycles. The van der Waals surface area contributed by atoms with E-state index in [2.05, 4.69) is 0 Å². The van der Waals surface area contributed by atoms with E-state index < -0.39 is 0 Å². The third kappa shape index (κ3) is 1.94. The first-order chi connectivity index (χ1) is 7.76. The molecule has 16 heavy (non-hydrogen) atoms. The molecular weight excluding hydrogens is 204 g/mol. The fourth-order valence-corrected chi connectivity index (χ4v) is 2.06. The van der Waals surface area contributed by atoms with Crippen molar-refractivity contribution in [2.75, 3.05) is 11.5 Å². The molecule has 0 radical (unpaired) electrons. The molecule has 2 rings (SSSR count). The maximum absolute atomic E-state index is 11.7. The van der Waals surface area contributed by atoms with Crippen LogP contribution in [-0.2, 0) is 11.3 Å². The molecule has 1 atom stereocenters. The van der Waals surface area contributed by atoms with E-state index in [4.69, 9.17) is 5.73 Å². The van der Waals surface area contributed by atoms with Gasteiger partial charge < -0.3 is 15.7 Å². The fourth-order valence-electron chi connectivity index (χ4n) is 2.06. The minimum Gasteiger partial charge on any atom is -0.394 e. The van der Waals surface area contributed by atoms with Gasteiger partial charge in [-0.15, -0.1) is 0 Å². The smallest absolute Gasteiger partial charge is 0.227 e. The minimum absolute atomic E-state index is 0.0182. The van der Waals surface area contributed by atoms with Crippen molar-refractivity contribution in [1.29, 1.82) is 0 Å². The van der Waals surface area contributed by atoms with Crippen LogP contribution in [0.5, 0.6) is 0 Å². The van der Waals surface area contributed by atoms with Crippen LogP contribution in [0.3, 0.4) is 0 Å². The van der Waals surface area contributed by atoms with Gasteiger partial charge in [0.2, 0.25) is 5.91 Å². The maximum atomic E-state index is 11.7. The first-order valence-electron chi connectivity index (χ1n) is 5.48. The van der Waals surface area contributed by atoms with Gasteiger partial charge in [-0.05, 0) is 24.1 Å². The lowest BCUT2D eigenvalue weighted by molar-refractivity contribution is -0.117. The van der Waals surface area contributed by atoms with Crippen molar-refractivity contribution >= 4 is 11.6 Å². The molecule has 1 heterocycles. The Balaban J connectivity index is 2.24. The van der Waals surface area contributed by atoms with Crippen LogP contribution in [-0.4, -0.2) is 23.7 Å². The highest BCUT2D eigenvalue weighted by Crippen LogP contribution is 2.26. The van der Waals surface area contributed by atoms with Gasteiger partial charge >= 0.3 is 0 Å². The number of aliphatic hydroxyl groups excluding tert-OH is 1. The SMILES string of the molecule is NCc1ccc(N2C(=O)CCC2CO)cc1. The Morgan fingerprint density at radius 3 is 2.62 bits per heavy atom. The molecule has 1 aromatic rings. The number of amides is 1. The van der Waals surface area contributed by atoms with E-state index >= 15 is 0 Å². The van der Waals surface area contributed by atoms with Crippen molar-refractivity contribution < 1.29 is 9.90 Å². The van der Waals surface area contributed by atoms with Crippen LogP contribution in [0, 0.1) is 0 Å². The van der Waals surface area contributed by atoms with Gasteiger partial charge in [0.25, 0.3) is 0 Å². The largest absolute Gasteiger partial charge is 0.394 e. The summed E-state index contributed by atoms with van der Waals surface area (Å²) in [6.07, 6.45) is 1.25. The van der Waals surface area contributed by atoms with E-state index in [0.29, 0.717) is 13.0 Å². The summed E-state index contributed by atoms with van der Waals surface area (Å²) < 4.78 is 0. The normalized spacial score (nSPS) is 20.5. The number of hydrogen-bond acceptors (Lipinski definition) is 3. The van der Waals surface area contributed by atoms with Crippen LogP contribution in [0.4, 0.5) is 5.69 Å². The lowest BCUT2D eigenvalue weighted by Gasteiger charge is -2.23. The van der Waals surface area contributed by atoms with Crippen LogP contribution >= 0.6 is 0 Å². The number of hydrogen-bond donors (Lipinski definition) is 2. The zero-order chi connectivity index (χ0) is 11.5. The highest BCUT2D eigenvalue weighted by atomic mass is 16.3. The quantitative estimate of drug-likeness (QED) is 0.785. The summed E-state index contributed by atoms with van der Waals surface area (Å²) in [5, 5.41) is 9.20. The Morgan fingerprint density at radius 1 is 1.38 bits per heavy atom. The van der Waals surface area contributed by atoms with Crippen LogP contribution in [0.1, 0.15) is 18.4 Å². The van der Waals surface area contributed by atoms with Crippen molar-refractivity contribution in [3.8, 4) is 0 Å². The second-order valence-electron chi connectivity index (χ2n) is 4.01. The topological polar surface area (TPSA) is 66.6 Å². The zero-order valence-corrected chi connectivity index (χ0v) is 9.10. The molecule has 0 spiro atoms. The van der Waals surface area contributed by atoms with Crippen LogP contribution in [0.2, 0.25) is 0 Å². The molecular formula is C12H16N2O2. The number of carbonyl (C=O) groups is 1. The van der Waals surface area contributed by atoms with Gasteiger partial charge in [-0.3, -0.25) is 4.79 Å². The van der Waals surface area contributed by atoms with Gasteiger partial charge in [0.15, 0.2) is 0 Å². The summed E-state index contributed by atoms with van der Waals surface area (Å²) in [6, 6.07) is 7.52. The lowest BCUT2D eigenvalue weighted by Crippen LogP contribution is -2.35. The number of aliphatic hydroxyl groups is 1. The Hall–Kier alpha value is -1.39. The molecule has 4 heteroatoms. The molecule has 3 N–H and O–H groups in total. The second kappa shape index (κ2) is 4.63. The van der Waals surface area contributed by atoms with E-state index in [0.717, 1.165) is 17.7 Å². The number of benzene rings is 1. The molecule has 1 fully saturated rings. The number of nitrogens with zero attached hydrogens (tertiary/aromatic N) is 1. The van der Waals surface area contributed by atoms with Gasteiger partial charge in [0.05, 0.1) is 12.6 Å². The highest BCUT2D eigenvalue weighted by molar-refractivity contribution is 5.96. The molecule has 1 saturated heterocycles. The van der Waals surface area contributed by atoms with Crippen molar-refractivity contribution in [1.82, 2.24) is 0 Å². The van der Waals surface area contributed by atoms with Gasteiger partial charge in [-0.2, -0.15) is 0 Å². The summed E-state index contributed by atoms with van der Waals surface area (Å²) in [4.78, 5) is 13.4. The van der Waals surface area contributed by atoms with Crippen molar-refractivity contribution in [3.63, 3.8) is 0 Å². The summed E-state index contributed by atoms with van der Waals surface area (Å²) in [5.74, 6) is 0.0829. The first kappa shape index (κ1) is 11.1. The number of carbonyl (C=O) groups excluding carboxylic acids is 1. The molecule has 1 aromatic carbocycles. The molecule has 0 bridgehead atoms. The van der Waals surface area contributed by atoms with E-state index in [1.807, 2.05) is 24.3 Å².